The first-order valence-electron chi connectivity index (χ1n) is 1.60. The van der Waals surface area contributed by atoms with Crippen LogP contribution in [0.4, 0.5) is 0 Å². The minimum absolute atomic E-state index is 0.454. The van der Waals surface area contributed by atoms with Crippen molar-refractivity contribution in [3.8, 4) is 0 Å². The van der Waals surface area contributed by atoms with Crippen molar-refractivity contribution in [1.29, 1.82) is 0 Å². The van der Waals surface area contributed by atoms with Crippen molar-refractivity contribution in [2.75, 3.05) is 0 Å². The van der Waals surface area contributed by atoms with Gasteiger partial charge in [-0.25, -0.2) is 0 Å². The van der Waals surface area contributed by atoms with E-state index in [-0.39, 0.29) is 0 Å². The van der Waals surface area contributed by atoms with Crippen LogP contribution in [-0.4, -0.2) is 17.7 Å². The molecule has 0 N–H and O–H groups in total. The highest BCUT2D eigenvalue weighted by atomic mass is 35.6. The summed E-state index contributed by atoms with van der Waals surface area (Å²) in [7, 11) is -0.908. The van der Waals surface area contributed by atoms with Crippen LogP contribution in [0.1, 0.15) is 0 Å². The molecule has 0 saturated heterocycles. The lowest BCUT2D eigenvalue weighted by molar-refractivity contribution is 2.41. The average Bonchev–Trinajstić information content (AvgIpc) is 1.65. The maximum Gasteiger partial charge on any atom is 0.148 e. The monoisotopic (exact) mass is 156 g/mol. The molecule has 36 valence electrons. The minimum atomic E-state index is -0.454. The Morgan fingerprint density at radius 3 is 1.67 bits per heavy atom. The van der Waals surface area contributed by atoms with Gasteiger partial charge in [-0.15, -0.1) is 6.58 Å². The van der Waals surface area contributed by atoms with Gasteiger partial charge in [-0.2, -0.15) is 22.2 Å². The first-order valence-corrected chi connectivity index (χ1v) is 7.29. The van der Waals surface area contributed by atoms with E-state index in [2.05, 4.69) is 6.58 Å². The van der Waals surface area contributed by atoms with E-state index in [0.717, 1.165) is 4.82 Å². The Bertz CT molecular complexity index is 47.5. The molecule has 0 aliphatic carbocycles. The van der Waals surface area contributed by atoms with E-state index in [0.29, 0.717) is 0 Å². The fourth-order valence-electron chi connectivity index (χ4n) is 0.0357. The molecule has 0 heterocycles. The number of rotatable bonds is 2. The summed E-state index contributed by atoms with van der Waals surface area (Å²) in [6.07, 6.45) is 0. The van der Waals surface area contributed by atoms with E-state index in [1.165, 1.54) is 0 Å². The van der Waals surface area contributed by atoms with Gasteiger partial charge in [-0.3, -0.25) is 0 Å². The molecule has 0 radical (unpaired) electrons. The van der Waals surface area contributed by atoms with Crippen LogP contribution < -0.4 is 0 Å². The fraction of sp³-hybridized carbons (Fsp3) is 0. The van der Waals surface area contributed by atoms with Crippen molar-refractivity contribution in [1.82, 2.24) is 0 Å². The molecule has 0 fully saturated rings. The molecule has 0 aromatic heterocycles. The molecule has 0 aliphatic heterocycles. The smallest absolute Gasteiger partial charge is 0.148 e. The summed E-state index contributed by atoms with van der Waals surface area (Å²) in [5.41, 5.74) is 0. The zero-order chi connectivity index (χ0) is 4.99. The van der Waals surface area contributed by atoms with Crippen LogP contribution in [0.3, 0.4) is 0 Å². The Morgan fingerprint density at radius 1 is 1.33 bits per heavy atom. The predicted octanol–water partition coefficient (Wildman–Crippen LogP) is 0.103. The summed E-state index contributed by atoms with van der Waals surface area (Å²) in [6, 6.07) is 0. The molecule has 0 saturated carbocycles. The van der Waals surface area contributed by atoms with Crippen molar-refractivity contribution in [2.24, 2.45) is 0 Å². The molecule has 0 aromatic carbocycles. The first-order chi connectivity index (χ1) is 2.81. The third-order valence-corrected chi connectivity index (χ3v) is 6.80. The largest absolute Gasteiger partial charge is 0.171 e. The van der Waals surface area contributed by atoms with Gasteiger partial charge in [0.25, 0.3) is 0 Å². The van der Waals surface area contributed by atoms with Crippen LogP contribution in [0.15, 0.2) is 11.4 Å². The van der Waals surface area contributed by atoms with E-state index in [9.17, 15) is 0 Å². The normalized spacial score (nSPS) is 12.3. The molecule has 0 amide bonds. The van der Waals surface area contributed by atoms with Gasteiger partial charge in [-0.05, 0) is 0 Å². The van der Waals surface area contributed by atoms with Crippen molar-refractivity contribution >= 4 is 39.8 Å². The summed E-state index contributed by atoms with van der Waals surface area (Å²) >= 11 is 10.9. The molecular weight excluding hydrogens is 151 g/mol. The number of hydrogen-bond acceptors (Lipinski definition) is 0. The van der Waals surface area contributed by atoms with Crippen molar-refractivity contribution in [3.63, 3.8) is 0 Å². The van der Waals surface area contributed by atoms with E-state index in [4.69, 9.17) is 22.2 Å². The predicted molar refractivity (Wildman–Crippen MR) is 37.9 cm³/mol. The summed E-state index contributed by atoms with van der Waals surface area (Å²) in [5.74, 6) is 0. The van der Waals surface area contributed by atoms with Crippen LogP contribution >= 0.6 is 22.2 Å². The molecule has 0 nitrogen and oxygen atoms in total. The topological polar surface area (TPSA) is 0 Å². The lowest BCUT2D eigenvalue weighted by Gasteiger charge is -1.83. The fourth-order valence-corrected chi connectivity index (χ4v) is 2.89. The first kappa shape index (κ1) is 6.75. The third kappa shape index (κ3) is 2.96. The molecule has 0 atom stereocenters. The Balaban J connectivity index is 2.99. The van der Waals surface area contributed by atoms with Gasteiger partial charge in [-0.1, -0.05) is 4.82 Å². The van der Waals surface area contributed by atoms with Gasteiger partial charge < -0.3 is 0 Å². The number of halogens is 2. The van der Waals surface area contributed by atoms with Gasteiger partial charge in [0.1, 0.15) is 17.7 Å². The second kappa shape index (κ2) is 3.93. The van der Waals surface area contributed by atoms with Crippen LogP contribution in [0.5, 0.6) is 0 Å². The highest BCUT2D eigenvalue weighted by molar-refractivity contribution is 7.12. The average molecular weight is 157 g/mol. The zero-order valence-corrected chi connectivity index (χ0v) is 7.72. The van der Waals surface area contributed by atoms with Crippen molar-refractivity contribution in [2.45, 2.75) is 0 Å². The quantitative estimate of drug-likeness (QED) is 0.394. The Hall–Kier alpha value is 0.754. The van der Waals surface area contributed by atoms with Gasteiger partial charge in [0, 0.05) is 0 Å². The molecule has 0 unspecified atom stereocenters. The van der Waals surface area contributed by atoms with Crippen LogP contribution in [0.2, 0.25) is 0 Å². The Labute approximate surface area is 51.6 Å². The summed E-state index contributed by atoms with van der Waals surface area (Å²) in [6.45, 7) is 3.65. The number of hydrogen-bond donors (Lipinski definition) is 0. The lowest BCUT2D eigenvalue weighted by atomic mass is 11.2. The van der Waals surface area contributed by atoms with E-state index in [1.807, 2.05) is 0 Å². The van der Waals surface area contributed by atoms with Gasteiger partial charge in [0.05, 0.1) is 0 Å². The molecule has 6 heavy (non-hydrogen) atoms. The van der Waals surface area contributed by atoms with Gasteiger partial charge in [0.15, 0.2) is 0 Å². The SMILES string of the molecule is C=C([SiH2]Cl)[SiH2]Cl. The van der Waals surface area contributed by atoms with Crippen LogP contribution in [0, 0.1) is 0 Å². The van der Waals surface area contributed by atoms with Gasteiger partial charge >= 0.3 is 0 Å². The van der Waals surface area contributed by atoms with Crippen LogP contribution in [-0.2, 0) is 0 Å². The van der Waals surface area contributed by atoms with E-state index >= 15 is 0 Å². The van der Waals surface area contributed by atoms with Crippen molar-refractivity contribution < 1.29 is 0 Å². The third-order valence-electron chi connectivity index (χ3n) is 0.378. The minimum Gasteiger partial charge on any atom is -0.171 e. The maximum absolute atomic E-state index is 5.44. The summed E-state index contributed by atoms with van der Waals surface area (Å²) < 4.78 is 0. The van der Waals surface area contributed by atoms with Crippen molar-refractivity contribution in [3.05, 3.63) is 11.4 Å². The molecular formula is C2H6Cl2Si2. The highest BCUT2D eigenvalue weighted by Gasteiger charge is 1.85. The maximum atomic E-state index is 5.44. The highest BCUT2D eigenvalue weighted by Crippen LogP contribution is 1.87. The molecule has 0 spiro atoms. The van der Waals surface area contributed by atoms with E-state index < -0.39 is 17.7 Å². The van der Waals surface area contributed by atoms with Crippen LogP contribution in [0.25, 0.3) is 0 Å². The van der Waals surface area contributed by atoms with E-state index in [1.54, 1.807) is 0 Å². The molecule has 0 aliphatic rings. The Morgan fingerprint density at radius 2 is 1.67 bits per heavy atom. The molecule has 0 rings (SSSR count). The molecule has 4 heteroatoms. The lowest BCUT2D eigenvalue weighted by Crippen LogP contribution is -1.88. The Kier molecular flexibility index (Phi) is 4.42. The summed E-state index contributed by atoms with van der Waals surface area (Å²) in [5, 5.41) is 0. The van der Waals surface area contributed by atoms with Gasteiger partial charge in [0.2, 0.25) is 0 Å². The second-order valence-corrected chi connectivity index (χ2v) is 6.16. The molecule has 0 bridgehead atoms. The summed E-state index contributed by atoms with van der Waals surface area (Å²) in [4.78, 5) is 1.15. The second-order valence-electron chi connectivity index (χ2n) is 1.02. The zero-order valence-electron chi connectivity index (χ0n) is 3.38. The molecule has 0 aromatic rings. The standard InChI is InChI=1S/C2H6Cl2Si2/c1-2(5-3)6-4/h1,5-6H2.